The Morgan fingerprint density at radius 2 is 2.04 bits per heavy atom. The lowest BCUT2D eigenvalue weighted by atomic mass is 9.99. The zero-order valence-corrected chi connectivity index (χ0v) is 14.6. The number of carbonyl (C=O) groups excluding carboxylic acids is 1. The van der Waals surface area contributed by atoms with E-state index in [2.05, 4.69) is 18.1 Å². The van der Waals surface area contributed by atoms with E-state index < -0.39 is 0 Å². The van der Waals surface area contributed by atoms with Gasteiger partial charge in [0.25, 0.3) is 11.8 Å². The molecule has 5 heteroatoms. The molecular weight excluding hydrogens is 328 g/mol. The van der Waals surface area contributed by atoms with Crippen molar-refractivity contribution in [2.75, 3.05) is 11.4 Å². The molecule has 0 radical (unpaired) electrons. The summed E-state index contributed by atoms with van der Waals surface area (Å²) in [5.41, 5.74) is 4.39. The smallest absolute Gasteiger partial charge is 0.297 e. The second-order valence-electron chi connectivity index (χ2n) is 6.50. The van der Waals surface area contributed by atoms with Gasteiger partial charge in [0.05, 0.1) is 6.07 Å². The second-order valence-corrected chi connectivity index (χ2v) is 6.50. The minimum Gasteiger partial charge on any atom is -0.471 e. The fourth-order valence-corrected chi connectivity index (χ4v) is 3.23. The van der Waals surface area contributed by atoms with E-state index in [1.807, 2.05) is 42.5 Å². The van der Waals surface area contributed by atoms with Crippen molar-refractivity contribution in [2.45, 2.75) is 26.4 Å². The molecule has 4 rings (SSSR count). The van der Waals surface area contributed by atoms with Gasteiger partial charge in [-0.1, -0.05) is 48.0 Å². The third-order valence-corrected chi connectivity index (χ3v) is 4.53. The number of ether oxygens (including phenoxy) is 1. The Morgan fingerprint density at radius 1 is 1.19 bits per heavy atom. The summed E-state index contributed by atoms with van der Waals surface area (Å²) in [4.78, 5) is 14.6. The zero-order valence-electron chi connectivity index (χ0n) is 14.6. The van der Waals surface area contributed by atoms with Crippen molar-refractivity contribution in [3.63, 3.8) is 0 Å². The lowest BCUT2D eigenvalue weighted by Gasteiger charge is -2.28. The molecule has 0 N–H and O–H groups in total. The highest BCUT2D eigenvalue weighted by molar-refractivity contribution is 6.05. The van der Waals surface area contributed by atoms with E-state index in [4.69, 9.17) is 9.26 Å². The lowest BCUT2D eigenvalue weighted by molar-refractivity contribution is 0.0949. The van der Waals surface area contributed by atoms with Gasteiger partial charge in [-0.3, -0.25) is 4.79 Å². The molecule has 0 unspecified atom stereocenters. The van der Waals surface area contributed by atoms with Crippen LogP contribution in [0, 0.1) is 6.92 Å². The molecule has 1 aromatic heterocycles. The average molecular weight is 348 g/mol. The van der Waals surface area contributed by atoms with Crippen LogP contribution in [0.25, 0.3) is 0 Å². The molecule has 2 heterocycles. The van der Waals surface area contributed by atoms with Crippen molar-refractivity contribution in [3.05, 3.63) is 77.0 Å². The van der Waals surface area contributed by atoms with E-state index >= 15 is 0 Å². The van der Waals surface area contributed by atoms with Crippen molar-refractivity contribution >= 4 is 11.6 Å². The predicted octanol–water partition coefficient (Wildman–Crippen LogP) is 4.16. The fourth-order valence-electron chi connectivity index (χ4n) is 3.23. The predicted molar refractivity (Wildman–Crippen MR) is 98.5 cm³/mol. The second kappa shape index (κ2) is 7.04. The molecule has 0 atom stereocenters. The minimum atomic E-state index is -0.183. The number of aromatic nitrogens is 1. The summed E-state index contributed by atoms with van der Waals surface area (Å²) in [6.07, 6.45) is 1.93. The normalized spacial score (nSPS) is 13.3. The maximum absolute atomic E-state index is 12.9. The van der Waals surface area contributed by atoms with Crippen molar-refractivity contribution in [1.82, 2.24) is 5.16 Å². The molecule has 132 valence electrons. The highest BCUT2D eigenvalue weighted by Gasteiger charge is 2.26. The Hall–Kier alpha value is -3.08. The Balaban J connectivity index is 1.49. The van der Waals surface area contributed by atoms with Crippen LogP contribution in [0.1, 0.15) is 33.7 Å². The quantitative estimate of drug-likeness (QED) is 0.710. The molecule has 1 amide bonds. The first-order valence-electron chi connectivity index (χ1n) is 8.75. The van der Waals surface area contributed by atoms with Gasteiger partial charge in [-0.2, -0.15) is 0 Å². The van der Waals surface area contributed by atoms with Crippen LogP contribution in [-0.4, -0.2) is 17.6 Å². The summed E-state index contributed by atoms with van der Waals surface area (Å²) >= 11 is 0. The van der Waals surface area contributed by atoms with Crippen molar-refractivity contribution in [2.24, 2.45) is 0 Å². The van der Waals surface area contributed by atoms with E-state index in [9.17, 15) is 4.79 Å². The van der Waals surface area contributed by atoms with Crippen LogP contribution in [0.3, 0.4) is 0 Å². The molecule has 5 nitrogen and oxygen atoms in total. The third kappa shape index (κ3) is 3.33. The molecule has 0 spiro atoms. The summed E-state index contributed by atoms with van der Waals surface area (Å²) in [7, 11) is 0. The molecule has 0 bridgehead atoms. The van der Waals surface area contributed by atoms with Crippen molar-refractivity contribution in [1.29, 1.82) is 0 Å². The van der Waals surface area contributed by atoms with Gasteiger partial charge >= 0.3 is 0 Å². The number of anilines is 1. The summed E-state index contributed by atoms with van der Waals surface area (Å²) < 4.78 is 10.9. The monoisotopic (exact) mass is 348 g/mol. The molecule has 26 heavy (non-hydrogen) atoms. The SMILES string of the molecule is Cc1ccc2c(c1)CCCN2C(=O)c1cc(OCc2ccccc2)no1. The number of hydrogen-bond acceptors (Lipinski definition) is 4. The first-order chi connectivity index (χ1) is 12.7. The molecule has 1 aliphatic heterocycles. The van der Waals surface area contributed by atoms with Gasteiger partial charge in [-0.05, 0) is 42.1 Å². The molecule has 0 fully saturated rings. The Kier molecular flexibility index (Phi) is 4.44. The minimum absolute atomic E-state index is 0.183. The number of nitrogens with zero attached hydrogens (tertiary/aromatic N) is 2. The van der Waals surface area contributed by atoms with Crippen LogP contribution in [-0.2, 0) is 13.0 Å². The van der Waals surface area contributed by atoms with E-state index in [1.54, 1.807) is 11.0 Å². The average Bonchev–Trinajstić information content (AvgIpc) is 3.15. The van der Waals surface area contributed by atoms with Gasteiger partial charge in [-0.25, -0.2) is 0 Å². The summed E-state index contributed by atoms with van der Waals surface area (Å²) in [6.45, 7) is 3.12. The van der Waals surface area contributed by atoms with Crippen molar-refractivity contribution in [3.8, 4) is 5.88 Å². The Labute approximate surface area is 152 Å². The Bertz CT molecular complexity index is 918. The maximum atomic E-state index is 12.9. The first kappa shape index (κ1) is 16.4. The van der Waals surface area contributed by atoms with Crippen LogP contribution in [0.15, 0.2) is 59.1 Å². The number of hydrogen-bond donors (Lipinski definition) is 0. The molecule has 2 aromatic carbocycles. The number of fused-ring (bicyclic) bond motifs is 1. The van der Waals surface area contributed by atoms with E-state index in [0.717, 1.165) is 24.1 Å². The maximum Gasteiger partial charge on any atom is 0.297 e. The van der Waals surface area contributed by atoms with Crippen LogP contribution < -0.4 is 9.64 Å². The van der Waals surface area contributed by atoms with Crippen LogP contribution in [0.4, 0.5) is 5.69 Å². The topological polar surface area (TPSA) is 55.6 Å². The lowest BCUT2D eigenvalue weighted by Crippen LogP contribution is -2.35. The van der Waals surface area contributed by atoms with Gasteiger partial charge in [0.1, 0.15) is 6.61 Å². The van der Waals surface area contributed by atoms with Gasteiger partial charge < -0.3 is 14.2 Å². The highest BCUT2D eigenvalue weighted by Crippen LogP contribution is 2.29. The molecule has 3 aromatic rings. The first-order valence-corrected chi connectivity index (χ1v) is 8.75. The third-order valence-electron chi connectivity index (χ3n) is 4.53. The van der Waals surface area contributed by atoms with Crippen molar-refractivity contribution < 1.29 is 14.1 Å². The number of benzene rings is 2. The molecule has 0 aliphatic carbocycles. The van der Waals surface area contributed by atoms with E-state index in [0.29, 0.717) is 19.0 Å². The summed E-state index contributed by atoms with van der Waals surface area (Å²) in [6, 6.07) is 17.5. The standard InChI is InChI=1S/C21H20N2O3/c1-15-9-10-18-17(12-15)8-5-11-23(18)21(24)19-13-20(22-26-19)25-14-16-6-3-2-4-7-16/h2-4,6-7,9-10,12-13H,5,8,11,14H2,1H3. The van der Waals surface area contributed by atoms with E-state index in [-0.39, 0.29) is 11.7 Å². The molecular formula is C21H20N2O3. The zero-order chi connectivity index (χ0) is 17.9. The largest absolute Gasteiger partial charge is 0.471 e. The number of carbonyl (C=O) groups is 1. The number of amides is 1. The molecule has 0 saturated heterocycles. The fraction of sp³-hybridized carbons (Fsp3) is 0.238. The number of aryl methyl sites for hydroxylation is 2. The molecule has 0 saturated carbocycles. The Morgan fingerprint density at radius 3 is 2.88 bits per heavy atom. The summed E-state index contributed by atoms with van der Waals surface area (Å²) in [5.74, 6) is 0.330. The van der Waals surface area contributed by atoms with Gasteiger partial charge in [0.15, 0.2) is 0 Å². The van der Waals surface area contributed by atoms with E-state index in [1.165, 1.54) is 11.1 Å². The molecule has 1 aliphatic rings. The highest BCUT2D eigenvalue weighted by atomic mass is 16.5. The number of rotatable bonds is 4. The summed E-state index contributed by atoms with van der Waals surface area (Å²) in [5, 5.41) is 3.87. The van der Waals surface area contributed by atoms with Gasteiger partial charge in [0, 0.05) is 12.2 Å². The van der Waals surface area contributed by atoms with Gasteiger partial charge in [0.2, 0.25) is 5.76 Å². The van der Waals surface area contributed by atoms with Crippen LogP contribution in [0.2, 0.25) is 0 Å². The van der Waals surface area contributed by atoms with Crippen LogP contribution in [0.5, 0.6) is 5.88 Å². The van der Waals surface area contributed by atoms with Gasteiger partial charge in [-0.15, -0.1) is 0 Å². The van der Waals surface area contributed by atoms with Crippen LogP contribution >= 0.6 is 0 Å².